The van der Waals surface area contributed by atoms with Gasteiger partial charge in [0.2, 0.25) is 17.7 Å². The number of fused-ring (bicyclic) bond motifs is 3. The van der Waals surface area contributed by atoms with E-state index in [1.54, 1.807) is 37.4 Å². The quantitative estimate of drug-likeness (QED) is 0.175. The minimum Gasteiger partial charge on any atom is -0.474 e. The lowest BCUT2D eigenvalue weighted by atomic mass is 9.61. The summed E-state index contributed by atoms with van der Waals surface area (Å²) in [6, 6.07) is 7.57. The summed E-state index contributed by atoms with van der Waals surface area (Å²) in [4.78, 5) is 65.3. The van der Waals surface area contributed by atoms with Gasteiger partial charge in [-0.1, -0.05) is 0 Å². The van der Waals surface area contributed by atoms with E-state index in [9.17, 15) is 19.2 Å². The van der Waals surface area contributed by atoms with E-state index < -0.39 is 23.9 Å². The number of piperidine rings is 3. The highest BCUT2D eigenvalue weighted by Gasteiger charge is 2.48. The van der Waals surface area contributed by atoms with Crippen molar-refractivity contribution in [2.45, 2.75) is 83.9 Å². The average molecular weight is 849 g/mol. The van der Waals surface area contributed by atoms with Crippen LogP contribution in [0.25, 0.3) is 21.9 Å². The molecule has 1 unspecified atom stereocenters. The number of carbonyl (C=O) groups excluding carboxylic acids is 4. The number of benzene rings is 2. The summed E-state index contributed by atoms with van der Waals surface area (Å²) in [7, 11) is 0. The van der Waals surface area contributed by atoms with Crippen LogP contribution in [0.1, 0.15) is 78.5 Å². The van der Waals surface area contributed by atoms with Gasteiger partial charge >= 0.3 is 6.09 Å². The van der Waals surface area contributed by atoms with Crippen LogP contribution in [-0.2, 0) is 20.9 Å². The largest absolute Gasteiger partial charge is 0.474 e. The first-order valence-electron chi connectivity index (χ1n) is 21.8. The Morgan fingerprint density at radius 3 is 2.56 bits per heavy atom. The zero-order valence-electron chi connectivity index (χ0n) is 35.0. The predicted molar refractivity (Wildman–Crippen MR) is 227 cm³/mol. The molecule has 4 aromatic rings. The van der Waals surface area contributed by atoms with Gasteiger partial charge in [-0.2, -0.15) is 0 Å². The summed E-state index contributed by atoms with van der Waals surface area (Å²) >= 11 is 0. The van der Waals surface area contributed by atoms with Gasteiger partial charge in [-0.05, 0) is 124 Å². The van der Waals surface area contributed by atoms with Crippen LogP contribution in [0.2, 0.25) is 0 Å². The fourth-order valence-electron chi connectivity index (χ4n) is 10.7. The topological polar surface area (TPSA) is 158 Å². The van der Waals surface area contributed by atoms with Crippen molar-refractivity contribution in [3.63, 3.8) is 0 Å². The SMILES string of the molecule is Cc1c(-c2cc3cc(NC(=O)OC4CC5(CCN(CC6CCN(c7ccc8c(c7F)CN(C7CCC(=O)NC7=O)C8=O)CC6)CC5)C4)nc(C)c3cc2F)cnc2c1NCCO2. The van der Waals surface area contributed by atoms with Crippen LogP contribution in [0.5, 0.6) is 5.88 Å². The van der Waals surface area contributed by atoms with Gasteiger partial charge in [0.1, 0.15) is 36.1 Å². The number of hydrogen-bond donors (Lipinski definition) is 3. The third-order valence-electron chi connectivity index (χ3n) is 14.2. The highest BCUT2D eigenvalue weighted by molar-refractivity contribution is 6.05. The average Bonchev–Trinajstić information content (AvgIpc) is 3.58. The lowest BCUT2D eigenvalue weighted by Gasteiger charge is -2.51. The van der Waals surface area contributed by atoms with Gasteiger partial charge in [-0.15, -0.1) is 0 Å². The number of hydrogen-bond acceptors (Lipinski definition) is 11. The predicted octanol–water partition coefficient (Wildman–Crippen LogP) is 6.47. The summed E-state index contributed by atoms with van der Waals surface area (Å²) in [5.41, 5.74) is 4.53. The van der Waals surface area contributed by atoms with Gasteiger partial charge in [0.15, 0.2) is 5.82 Å². The van der Waals surface area contributed by atoms with Gasteiger partial charge in [-0.25, -0.2) is 23.5 Å². The number of likely N-dealkylation sites (tertiary alicyclic amines) is 1. The van der Waals surface area contributed by atoms with E-state index in [1.807, 2.05) is 6.92 Å². The number of rotatable bonds is 7. The molecule has 0 bridgehead atoms. The highest BCUT2D eigenvalue weighted by Crippen LogP contribution is 2.50. The molecule has 1 saturated carbocycles. The Labute approximate surface area is 357 Å². The number of pyridine rings is 2. The molecule has 6 aliphatic rings. The summed E-state index contributed by atoms with van der Waals surface area (Å²) in [5.74, 6) is -0.671. The zero-order valence-corrected chi connectivity index (χ0v) is 35.0. The Balaban J connectivity index is 0.688. The molecule has 62 heavy (non-hydrogen) atoms. The summed E-state index contributed by atoms with van der Waals surface area (Å²) in [6.07, 6.45) is 6.95. The molecule has 4 amide bonds. The second-order valence-electron chi connectivity index (χ2n) is 18.0. The van der Waals surface area contributed by atoms with Crippen LogP contribution in [0.4, 0.5) is 30.8 Å². The fourth-order valence-corrected chi connectivity index (χ4v) is 10.7. The molecule has 3 saturated heterocycles. The zero-order chi connectivity index (χ0) is 42.9. The van der Waals surface area contributed by atoms with Crippen molar-refractivity contribution in [3.05, 3.63) is 70.5 Å². The lowest BCUT2D eigenvalue weighted by Crippen LogP contribution is -2.52. The molecule has 16 heteroatoms. The smallest absolute Gasteiger partial charge is 0.413 e. The molecule has 14 nitrogen and oxygen atoms in total. The molecule has 324 valence electrons. The number of imide groups is 1. The van der Waals surface area contributed by atoms with Gasteiger partial charge in [-0.3, -0.25) is 25.0 Å². The van der Waals surface area contributed by atoms with Gasteiger partial charge in [0.05, 0.1) is 12.2 Å². The van der Waals surface area contributed by atoms with E-state index in [0.717, 1.165) is 87.9 Å². The molecular formula is C46H50F2N8O6. The Hall–Kier alpha value is -5.90. The van der Waals surface area contributed by atoms with Gasteiger partial charge in [0, 0.05) is 72.1 Å². The van der Waals surface area contributed by atoms with Crippen LogP contribution in [0, 0.1) is 36.8 Å². The molecule has 1 spiro atoms. The maximum Gasteiger partial charge on any atom is 0.413 e. The van der Waals surface area contributed by atoms with E-state index in [2.05, 4.69) is 35.7 Å². The molecule has 2 aromatic carbocycles. The molecule has 5 aliphatic heterocycles. The van der Waals surface area contributed by atoms with E-state index in [0.29, 0.717) is 64.2 Å². The third kappa shape index (κ3) is 7.35. The van der Waals surface area contributed by atoms with Crippen LogP contribution in [-0.4, -0.2) is 102 Å². The van der Waals surface area contributed by atoms with Crippen molar-refractivity contribution in [1.29, 1.82) is 0 Å². The lowest BCUT2D eigenvalue weighted by molar-refractivity contribution is -0.136. The van der Waals surface area contributed by atoms with Crippen molar-refractivity contribution in [2.75, 3.05) is 61.4 Å². The molecule has 7 heterocycles. The maximum atomic E-state index is 16.0. The number of nitrogens with one attached hydrogen (secondary N) is 3. The van der Waals surface area contributed by atoms with Crippen molar-refractivity contribution < 1.29 is 37.4 Å². The monoisotopic (exact) mass is 848 g/mol. The number of carbonyl (C=O) groups is 4. The van der Waals surface area contributed by atoms with Crippen LogP contribution in [0.3, 0.4) is 0 Å². The summed E-state index contributed by atoms with van der Waals surface area (Å²) in [6.45, 7) is 9.31. The first kappa shape index (κ1) is 40.2. The molecule has 2 aromatic heterocycles. The Bertz CT molecular complexity index is 2510. The molecule has 4 fully saturated rings. The van der Waals surface area contributed by atoms with Crippen LogP contribution >= 0.6 is 0 Å². The molecular weight excluding hydrogens is 799 g/mol. The number of nitrogens with zero attached hydrogens (tertiary/aromatic N) is 5. The number of aromatic nitrogens is 2. The molecule has 0 radical (unpaired) electrons. The fraction of sp³-hybridized carbons (Fsp3) is 0.478. The molecule has 1 atom stereocenters. The van der Waals surface area contributed by atoms with E-state index >= 15 is 8.78 Å². The first-order valence-corrected chi connectivity index (χ1v) is 21.8. The number of anilines is 3. The molecule has 10 rings (SSSR count). The van der Waals surface area contributed by atoms with Crippen molar-refractivity contribution in [2.24, 2.45) is 11.3 Å². The molecule has 3 N–H and O–H groups in total. The number of amides is 4. The number of aryl methyl sites for hydroxylation is 1. The molecule has 1 aliphatic carbocycles. The summed E-state index contributed by atoms with van der Waals surface area (Å²) < 4.78 is 43.0. The van der Waals surface area contributed by atoms with Crippen molar-refractivity contribution in [1.82, 2.24) is 25.1 Å². The van der Waals surface area contributed by atoms with Gasteiger partial charge in [0.25, 0.3) is 5.91 Å². The standard InChI is InChI=1S/C46H50F2N8O6/c1-25-33(22-50-43-41(25)49-11-16-61-43)32-17-28-18-38(51-26(2)31(28)19-35(32)47)52-45(60)62-29-20-46(21-29)9-14-54(15-10-46)23-27-7-12-55(13-8-27)36-4-3-30-34(40(36)48)24-56(44(30)59)37-5-6-39(57)53-42(37)58/h3-4,17-19,22,27,29,37,49H,5-16,20-21,23-24H2,1-2H3,(H,51,52,60)(H,53,57,58). The second kappa shape index (κ2) is 15.8. The van der Waals surface area contributed by atoms with E-state index in [1.165, 1.54) is 11.0 Å². The van der Waals surface area contributed by atoms with Crippen LogP contribution < -0.4 is 25.6 Å². The van der Waals surface area contributed by atoms with Gasteiger partial charge < -0.3 is 29.5 Å². The minimum absolute atomic E-state index is 0.0194. The number of ether oxygens (including phenoxy) is 2. The second-order valence-corrected chi connectivity index (χ2v) is 18.0. The van der Waals surface area contributed by atoms with Crippen molar-refractivity contribution >= 4 is 51.8 Å². The minimum atomic E-state index is -0.777. The Morgan fingerprint density at radius 2 is 1.79 bits per heavy atom. The number of halogens is 2. The normalized spacial score (nSPS) is 21.5. The maximum absolute atomic E-state index is 16.0. The van der Waals surface area contributed by atoms with E-state index in [-0.39, 0.29) is 54.1 Å². The Morgan fingerprint density at radius 1 is 1.00 bits per heavy atom. The van der Waals surface area contributed by atoms with Crippen LogP contribution in [0.15, 0.2) is 36.5 Å². The third-order valence-corrected chi connectivity index (χ3v) is 14.2. The highest BCUT2D eigenvalue weighted by atomic mass is 19.1. The van der Waals surface area contributed by atoms with E-state index in [4.69, 9.17) is 9.47 Å². The first-order chi connectivity index (χ1) is 29.9. The summed E-state index contributed by atoms with van der Waals surface area (Å²) in [5, 5.41) is 9.81. The van der Waals surface area contributed by atoms with Crippen molar-refractivity contribution in [3.8, 4) is 17.0 Å². The Kier molecular flexibility index (Phi) is 10.2.